The number of hydrogen-bond acceptors (Lipinski definition) is 4. The molecule has 0 saturated heterocycles. The lowest BCUT2D eigenvalue weighted by molar-refractivity contribution is 0.0470. The van der Waals surface area contributed by atoms with Gasteiger partial charge in [0.2, 0.25) is 0 Å². The number of para-hydroxylation sites is 2. The fourth-order valence-corrected chi connectivity index (χ4v) is 2.17. The van der Waals surface area contributed by atoms with Crippen molar-refractivity contribution in [3.05, 3.63) is 48.8 Å². The SMILES string of the molecule is NCC1=NOC(COc2ccccc2-n2cccc2)C1. The van der Waals surface area contributed by atoms with Gasteiger partial charge in [-0.15, -0.1) is 0 Å². The molecule has 2 heterocycles. The number of nitrogens with two attached hydrogens (primary N) is 1. The summed E-state index contributed by atoms with van der Waals surface area (Å²) in [5.41, 5.74) is 7.43. The Morgan fingerprint density at radius 3 is 2.80 bits per heavy atom. The van der Waals surface area contributed by atoms with Crippen LogP contribution in [-0.2, 0) is 4.84 Å². The summed E-state index contributed by atoms with van der Waals surface area (Å²) in [6.07, 6.45) is 4.67. The van der Waals surface area contributed by atoms with Gasteiger partial charge in [0, 0.05) is 25.4 Å². The van der Waals surface area contributed by atoms with E-state index in [0.29, 0.717) is 13.2 Å². The molecule has 5 heteroatoms. The standard InChI is InChI=1S/C15H17N3O2/c16-10-12-9-13(20-17-12)11-19-15-6-2-1-5-14(15)18-7-3-4-8-18/h1-8,13H,9-11,16H2. The molecule has 1 aliphatic heterocycles. The zero-order valence-electron chi connectivity index (χ0n) is 11.1. The highest BCUT2D eigenvalue weighted by molar-refractivity contribution is 5.87. The second-order valence-electron chi connectivity index (χ2n) is 4.66. The molecule has 0 amide bonds. The second kappa shape index (κ2) is 5.79. The first kappa shape index (κ1) is 12.7. The van der Waals surface area contributed by atoms with Crippen molar-refractivity contribution >= 4 is 5.71 Å². The molecule has 1 aromatic carbocycles. The zero-order valence-corrected chi connectivity index (χ0v) is 11.1. The maximum atomic E-state index is 5.88. The van der Waals surface area contributed by atoms with Crippen molar-refractivity contribution in [2.75, 3.05) is 13.2 Å². The van der Waals surface area contributed by atoms with Gasteiger partial charge in [0.15, 0.2) is 6.10 Å². The maximum Gasteiger partial charge on any atom is 0.166 e. The number of rotatable bonds is 5. The Morgan fingerprint density at radius 1 is 1.25 bits per heavy atom. The van der Waals surface area contributed by atoms with Crippen molar-refractivity contribution in [3.63, 3.8) is 0 Å². The highest BCUT2D eigenvalue weighted by Gasteiger charge is 2.21. The molecule has 2 N–H and O–H groups in total. The van der Waals surface area contributed by atoms with E-state index >= 15 is 0 Å². The van der Waals surface area contributed by atoms with Crippen LogP contribution >= 0.6 is 0 Å². The molecule has 1 aromatic heterocycles. The van der Waals surface area contributed by atoms with Crippen LogP contribution in [0.4, 0.5) is 0 Å². The normalized spacial score (nSPS) is 17.6. The van der Waals surface area contributed by atoms with Crippen molar-refractivity contribution in [1.82, 2.24) is 4.57 Å². The van der Waals surface area contributed by atoms with Crippen LogP contribution in [0.5, 0.6) is 5.75 Å². The van der Waals surface area contributed by atoms with Gasteiger partial charge in [-0.2, -0.15) is 0 Å². The lowest BCUT2D eigenvalue weighted by Crippen LogP contribution is -2.21. The zero-order chi connectivity index (χ0) is 13.8. The minimum Gasteiger partial charge on any atom is -0.487 e. The van der Waals surface area contributed by atoms with Crippen LogP contribution < -0.4 is 10.5 Å². The number of ether oxygens (including phenoxy) is 1. The van der Waals surface area contributed by atoms with Crippen LogP contribution in [0.3, 0.4) is 0 Å². The Kier molecular flexibility index (Phi) is 3.69. The van der Waals surface area contributed by atoms with Gasteiger partial charge in [-0.3, -0.25) is 0 Å². The molecule has 1 unspecified atom stereocenters. The van der Waals surface area contributed by atoms with Gasteiger partial charge in [-0.1, -0.05) is 17.3 Å². The molecule has 0 fully saturated rings. The predicted molar refractivity (Wildman–Crippen MR) is 77.2 cm³/mol. The minimum atomic E-state index is -0.0498. The van der Waals surface area contributed by atoms with E-state index in [1.54, 1.807) is 0 Å². The summed E-state index contributed by atoms with van der Waals surface area (Å²) >= 11 is 0. The van der Waals surface area contributed by atoms with Crippen molar-refractivity contribution in [3.8, 4) is 11.4 Å². The Bertz CT molecular complexity index is 593. The molecule has 2 aromatic rings. The molecule has 104 valence electrons. The quantitative estimate of drug-likeness (QED) is 0.904. The first-order valence-electron chi connectivity index (χ1n) is 6.63. The van der Waals surface area contributed by atoms with Crippen molar-refractivity contribution < 1.29 is 9.57 Å². The monoisotopic (exact) mass is 271 g/mol. The largest absolute Gasteiger partial charge is 0.487 e. The van der Waals surface area contributed by atoms with E-state index < -0.39 is 0 Å². The summed E-state index contributed by atoms with van der Waals surface area (Å²) in [5, 5.41) is 3.93. The Balaban J connectivity index is 1.67. The predicted octanol–water partition coefficient (Wildman–Crippen LogP) is 1.96. The fourth-order valence-electron chi connectivity index (χ4n) is 2.17. The maximum absolute atomic E-state index is 5.88. The summed E-state index contributed by atoms with van der Waals surface area (Å²) in [6.45, 7) is 0.905. The van der Waals surface area contributed by atoms with Crippen LogP contribution in [0, 0.1) is 0 Å². The van der Waals surface area contributed by atoms with Crippen molar-refractivity contribution in [1.29, 1.82) is 0 Å². The topological polar surface area (TPSA) is 61.8 Å². The smallest absolute Gasteiger partial charge is 0.166 e. The van der Waals surface area contributed by atoms with Crippen LogP contribution in [0.25, 0.3) is 5.69 Å². The van der Waals surface area contributed by atoms with Crippen molar-refractivity contribution in [2.45, 2.75) is 12.5 Å². The molecule has 0 radical (unpaired) electrons. The number of hydrogen-bond donors (Lipinski definition) is 1. The molecule has 1 aliphatic rings. The average molecular weight is 271 g/mol. The van der Waals surface area contributed by atoms with Crippen molar-refractivity contribution in [2.24, 2.45) is 10.9 Å². The number of nitrogens with zero attached hydrogens (tertiary/aromatic N) is 2. The number of aromatic nitrogens is 1. The average Bonchev–Trinajstić information content (AvgIpc) is 3.17. The van der Waals surface area contributed by atoms with Gasteiger partial charge in [0.05, 0.1) is 11.4 Å². The van der Waals surface area contributed by atoms with E-state index in [2.05, 4.69) is 5.16 Å². The van der Waals surface area contributed by atoms with Gasteiger partial charge in [-0.05, 0) is 24.3 Å². The Morgan fingerprint density at radius 2 is 2.05 bits per heavy atom. The minimum absolute atomic E-state index is 0.0498. The summed E-state index contributed by atoms with van der Waals surface area (Å²) in [5.74, 6) is 0.827. The third kappa shape index (κ3) is 2.67. The molecule has 0 bridgehead atoms. The third-order valence-electron chi connectivity index (χ3n) is 3.20. The van der Waals surface area contributed by atoms with E-state index in [-0.39, 0.29) is 6.10 Å². The molecule has 0 spiro atoms. The lowest BCUT2D eigenvalue weighted by Gasteiger charge is -2.14. The van der Waals surface area contributed by atoms with E-state index in [4.69, 9.17) is 15.3 Å². The van der Waals surface area contributed by atoms with Gasteiger partial charge in [0.25, 0.3) is 0 Å². The van der Waals surface area contributed by atoms with Gasteiger partial charge in [0.1, 0.15) is 12.4 Å². The van der Waals surface area contributed by atoms with Crippen LogP contribution in [-0.4, -0.2) is 29.5 Å². The van der Waals surface area contributed by atoms with E-state index in [9.17, 15) is 0 Å². The Labute approximate surface area is 117 Å². The van der Waals surface area contributed by atoms with E-state index in [1.807, 2.05) is 53.4 Å². The summed E-state index contributed by atoms with van der Waals surface area (Å²) < 4.78 is 7.90. The van der Waals surface area contributed by atoms with Gasteiger partial charge < -0.3 is 19.9 Å². The fraction of sp³-hybridized carbons (Fsp3) is 0.267. The summed E-state index contributed by atoms with van der Waals surface area (Å²) in [4.78, 5) is 5.28. The molecule has 20 heavy (non-hydrogen) atoms. The molecule has 0 aliphatic carbocycles. The summed E-state index contributed by atoms with van der Waals surface area (Å²) in [7, 11) is 0. The third-order valence-corrected chi connectivity index (χ3v) is 3.20. The Hall–Kier alpha value is -2.27. The van der Waals surface area contributed by atoms with Crippen LogP contribution in [0.15, 0.2) is 53.9 Å². The first-order chi connectivity index (χ1) is 9.86. The summed E-state index contributed by atoms with van der Waals surface area (Å²) in [6, 6.07) is 11.9. The van der Waals surface area contributed by atoms with E-state index in [1.165, 1.54) is 0 Å². The first-order valence-corrected chi connectivity index (χ1v) is 6.63. The second-order valence-corrected chi connectivity index (χ2v) is 4.66. The molecule has 3 rings (SSSR count). The molecular weight excluding hydrogens is 254 g/mol. The lowest BCUT2D eigenvalue weighted by atomic mass is 10.2. The van der Waals surface area contributed by atoms with Gasteiger partial charge >= 0.3 is 0 Å². The highest BCUT2D eigenvalue weighted by atomic mass is 16.7. The molecule has 0 saturated carbocycles. The van der Waals surface area contributed by atoms with Crippen LogP contribution in [0.1, 0.15) is 6.42 Å². The molecule has 5 nitrogen and oxygen atoms in total. The number of oxime groups is 1. The molecular formula is C15H17N3O2. The number of benzene rings is 1. The highest BCUT2D eigenvalue weighted by Crippen LogP contribution is 2.23. The van der Waals surface area contributed by atoms with E-state index in [0.717, 1.165) is 23.6 Å². The molecule has 1 atom stereocenters. The van der Waals surface area contributed by atoms with Crippen LogP contribution in [0.2, 0.25) is 0 Å². The van der Waals surface area contributed by atoms with Gasteiger partial charge in [-0.25, -0.2) is 0 Å².